The molecule has 8 heteroatoms. The zero-order valence-electron chi connectivity index (χ0n) is 16.3. The quantitative estimate of drug-likeness (QED) is 0.770. The maximum absolute atomic E-state index is 12.8. The molecule has 1 aromatic rings. The molecule has 2 aliphatic rings. The highest BCUT2D eigenvalue weighted by molar-refractivity contribution is 7.91. The number of sulfone groups is 1. The van der Waals surface area contributed by atoms with Crippen molar-refractivity contribution in [3.63, 3.8) is 0 Å². The van der Waals surface area contributed by atoms with Gasteiger partial charge >= 0.3 is 0 Å². The summed E-state index contributed by atoms with van der Waals surface area (Å²) in [6.07, 6.45) is 2.19. The number of likely N-dealkylation sites (tertiary alicyclic amines) is 1. The summed E-state index contributed by atoms with van der Waals surface area (Å²) in [7, 11) is -3.03. The van der Waals surface area contributed by atoms with Crippen LogP contribution in [0.2, 0.25) is 0 Å². The molecule has 2 amide bonds. The minimum Gasteiger partial charge on any atom is -0.338 e. The molecule has 0 bridgehead atoms. The Kier molecular flexibility index (Phi) is 6.72. The third-order valence-corrected chi connectivity index (χ3v) is 7.34. The number of likely N-dealkylation sites (N-methyl/N-ethyl adjacent to an activating group) is 1. The second-order valence-corrected chi connectivity index (χ2v) is 9.89. The van der Waals surface area contributed by atoms with Gasteiger partial charge in [0.2, 0.25) is 11.8 Å². The molecule has 2 atom stereocenters. The van der Waals surface area contributed by atoms with Gasteiger partial charge in [-0.2, -0.15) is 0 Å². The van der Waals surface area contributed by atoms with Crippen molar-refractivity contribution >= 4 is 27.3 Å². The summed E-state index contributed by atoms with van der Waals surface area (Å²) in [6, 6.07) is 9.16. The molecule has 1 aromatic carbocycles. The normalized spacial score (nSPS) is 24.6. The van der Waals surface area contributed by atoms with Crippen LogP contribution in [-0.4, -0.2) is 73.8 Å². The van der Waals surface area contributed by atoms with Crippen molar-refractivity contribution in [2.24, 2.45) is 5.92 Å². The van der Waals surface area contributed by atoms with Crippen LogP contribution in [0.15, 0.2) is 30.3 Å². The van der Waals surface area contributed by atoms with E-state index < -0.39 is 9.84 Å². The number of hydrogen-bond acceptors (Lipinski definition) is 5. The SMILES string of the molecule is CCN(C(=O)CN1CCC[C@H](C(=O)Nc2ccccc2)C1)[C@@H]1CCS(=O)(=O)C1. The Morgan fingerprint density at radius 1 is 1.21 bits per heavy atom. The van der Waals surface area contributed by atoms with Gasteiger partial charge in [-0.3, -0.25) is 14.5 Å². The van der Waals surface area contributed by atoms with E-state index in [-0.39, 0.29) is 41.8 Å². The van der Waals surface area contributed by atoms with E-state index in [1.54, 1.807) is 4.90 Å². The number of nitrogens with zero attached hydrogens (tertiary/aromatic N) is 2. The molecule has 1 N–H and O–H groups in total. The largest absolute Gasteiger partial charge is 0.338 e. The third-order valence-electron chi connectivity index (χ3n) is 5.59. The van der Waals surface area contributed by atoms with E-state index in [0.29, 0.717) is 19.5 Å². The van der Waals surface area contributed by atoms with Crippen LogP contribution in [0.25, 0.3) is 0 Å². The predicted octanol–water partition coefficient (Wildman–Crippen LogP) is 1.37. The van der Waals surface area contributed by atoms with Crippen LogP contribution in [0, 0.1) is 5.92 Å². The first-order valence-electron chi connectivity index (χ1n) is 9.96. The second-order valence-electron chi connectivity index (χ2n) is 7.67. The minimum atomic E-state index is -3.03. The molecule has 2 aliphatic heterocycles. The molecule has 0 aromatic heterocycles. The number of rotatable bonds is 6. The van der Waals surface area contributed by atoms with Gasteiger partial charge in [-0.15, -0.1) is 0 Å². The minimum absolute atomic E-state index is 0.0161. The van der Waals surface area contributed by atoms with Crippen molar-refractivity contribution in [2.45, 2.75) is 32.2 Å². The fourth-order valence-corrected chi connectivity index (χ4v) is 5.85. The van der Waals surface area contributed by atoms with Crippen LogP contribution in [0.4, 0.5) is 5.69 Å². The lowest BCUT2D eigenvalue weighted by Gasteiger charge is -2.34. The van der Waals surface area contributed by atoms with Gasteiger partial charge in [0, 0.05) is 24.8 Å². The van der Waals surface area contributed by atoms with Crippen LogP contribution in [0.3, 0.4) is 0 Å². The maximum Gasteiger partial charge on any atom is 0.237 e. The predicted molar refractivity (Wildman–Crippen MR) is 109 cm³/mol. The van der Waals surface area contributed by atoms with Gasteiger partial charge < -0.3 is 10.2 Å². The first kappa shape index (κ1) is 20.8. The molecule has 7 nitrogen and oxygen atoms in total. The Balaban J connectivity index is 1.55. The molecule has 28 heavy (non-hydrogen) atoms. The zero-order chi connectivity index (χ0) is 20.1. The molecule has 0 radical (unpaired) electrons. The molecule has 3 rings (SSSR count). The number of nitrogens with one attached hydrogen (secondary N) is 1. The summed E-state index contributed by atoms with van der Waals surface area (Å²) in [4.78, 5) is 29.1. The van der Waals surface area contributed by atoms with Crippen LogP contribution >= 0.6 is 0 Å². The second kappa shape index (κ2) is 9.05. The lowest BCUT2D eigenvalue weighted by molar-refractivity contribution is -0.135. The lowest BCUT2D eigenvalue weighted by Crippen LogP contribution is -2.49. The molecular weight excluding hydrogens is 378 g/mol. The summed E-state index contributed by atoms with van der Waals surface area (Å²) in [5.41, 5.74) is 0.778. The van der Waals surface area contributed by atoms with Gasteiger partial charge in [0.15, 0.2) is 9.84 Å². The molecule has 0 unspecified atom stereocenters. The van der Waals surface area contributed by atoms with E-state index in [9.17, 15) is 18.0 Å². The number of carbonyl (C=O) groups is 2. The highest BCUT2D eigenvalue weighted by atomic mass is 32.2. The van der Waals surface area contributed by atoms with Crippen molar-refractivity contribution in [3.8, 4) is 0 Å². The summed E-state index contributed by atoms with van der Waals surface area (Å²) in [5, 5.41) is 2.95. The topological polar surface area (TPSA) is 86.8 Å². The van der Waals surface area contributed by atoms with E-state index in [1.807, 2.05) is 42.2 Å². The monoisotopic (exact) mass is 407 g/mol. The molecule has 2 saturated heterocycles. The zero-order valence-corrected chi connectivity index (χ0v) is 17.2. The van der Waals surface area contributed by atoms with Crippen LogP contribution < -0.4 is 5.32 Å². The van der Waals surface area contributed by atoms with Crippen molar-refractivity contribution in [1.82, 2.24) is 9.80 Å². The van der Waals surface area contributed by atoms with Gasteiger partial charge in [-0.05, 0) is 44.9 Å². The summed E-state index contributed by atoms with van der Waals surface area (Å²) in [5.74, 6) is 0.0108. The molecule has 2 fully saturated rings. The Bertz CT molecular complexity index is 797. The number of carbonyl (C=O) groups excluding carboxylic acids is 2. The van der Waals surface area contributed by atoms with E-state index in [0.717, 1.165) is 25.1 Å². The summed E-state index contributed by atoms with van der Waals surface area (Å²) in [6.45, 7) is 3.95. The summed E-state index contributed by atoms with van der Waals surface area (Å²) < 4.78 is 23.5. The van der Waals surface area contributed by atoms with E-state index in [1.165, 1.54) is 0 Å². The first-order chi connectivity index (χ1) is 13.4. The highest BCUT2D eigenvalue weighted by Gasteiger charge is 2.35. The van der Waals surface area contributed by atoms with Gasteiger partial charge in [0.05, 0.1) is 24.0 Å². The highest BCUT2D eigenvalue weighted by Crippen LogP contribution is 2.21. The number of hydrogen-bond donors (Lipinski definition) is 1. The fraction of sp³-hybridized carbons (Fsp3) is 0.600. The van der Waals surface area contributed by atoms with E-state index >= 15 is 0 Å². The van der Waals surface area contributed by atoms with Crippen LogP contribution in [0.5, 0.6) is 0 Å². The van der Waals surface area contributed by atoms with Crippen molar-refractivity contribution in [2.75, 3.05) is 43.0 Å². The molecule has 2 heterocycles. The average Bonchev–Trinajstić information content (AvgIpc) is 3.03. The van der Waals surface area contributed by atoms with E-state index in [4.69, 9.17) is 0 Å². The lowest BCUT2D eigenvalue weighted by atomic mass is 9.97. The summed E-state index contributed by atoms with van der Waals surface area (Å²) >= 11 is 0. The number of amides is 2. The number of piperidine rings is 1. The molecule has 0 saturated carbocycles. The smallest absolute Gasteiger partial charge is 0.237 e. The molecule has 0 spiro atoms. The van der Waals surface area contributed by atoms with E-state index in [2.05, 4.69) is 5.32 Å². The van der Waals surface area contributed by atoms with Crippen molar-refractivity contribution in [1.29, 1.82) is 0 Å². The van der Waals surface area contributed by atoms with Crippen LogP contribution in [0.1, 0.15) is 26.2 Å². The van der Waals surface area contributed by atoms with Gasteiger partial charge in [-0.25, -0.2) is 8.42 Å². The molecule has 0 aliphatic carbocycles. The van der Waals surface area contributed by atoms with Crippen molar-refractivity contribution < 1.29 is 18.0 Å². The fourth-order valence-electron chi connectivity index (χ4n) is 4.12. The Morgan fingerprint density at radius 3 is 2.61 bits per heavy atom. The standard InChI is InChI=1S/C20H29N3O4S/c1-2-23(18-10-12-28(26,27)15-18)19(24)14-22-11-6-7-16(13-22)20(25)21-17-8-4-3-5-9-17/h3-5,8-9,16,18H,2,6-7,10-15H2,1H3,(H,21,25)/t16-,18+/m0/s1. The Labute approximate surface area is 167 Å². The molecule has 154 valence electrons. The number of anilines is 1. The Hall–Kier alpha value is -1.93. The first-order valence-corrected chi connectivity index (χ1v) is 11.8. The Morgan fingerprint density at radius 2 is 1.96 bits per heavy atom. The van der Waals surface area contributed by atoms with Crippen molar-refractivity contribution in [3.05, 3.63) is 30.3 Å². The molecular formula is C20H29N3O4S. The van der Waals surface area contributed by atoms with Crippen LogP contribution in [-0.2, 0) is 19.4 Å². The maximum atomic E-state index is 12.8. The average molecular weight is 408 g/mol. The van der Waals surface area contributed by atoms with Gasteiger partial charge in [0.25, 0.3) is 0 Å². The number of para-hydroxylation sites is 1. The van der Waals surface area contributed by atoms with Gasteiger partial charge in [-0.1, -0.05) is 18.2 Å². The number of benzene rings is 1. The third kappa shape index (κ3) is 5.32. The van der Waals surface area contributed by atoms with Gasteiger partial charge in [0.1, 0.15) is 0 Å².